The third-order valence-electron chi connectivity index (χ3n) is 2.68. The summed E-state index contributed by atoms with van der Waals surface area (Å²) in [5.41, 5.74) is 0.824. The summed E-state index contributed by atoms with van der Waals surface area (Å²) in [6.07, 6.45) is -1.32. The van der Waals surface area contributed by atoms with Gasteiger partial charge in [-0.15, -0.1) is 0 Å². The van der Waals surface area contributed by atoms with E-state index in [1.54, 1.807) is 0 Å². The second-order valence-corrected chi connectivity index (χ2v) is 3.47. The van der Waals surface area contributed by atoms with Gasteiger partial charge >= 0.3 is 6.09 Å². The van der Waals surface area contributed by atoms with Gasteiger partial charge in [-0.1, -0.05) is 6.92 Å². The number of alkyl carbamates (subject to hydrolysis) is 1. The van der Waals surface area contributed by atoms with Gasteiger partial charge in [-0.25, -0.2) is 4.79 Å². The number of carbonyl (C=O) groups excluding carboxylic acids is 1. The van der Waals surface area contributed by atoms with Crippen molar-refractivity contribution in [1.29, 1.82) is 5.26 Å². The van der Waals surface area contributed by atoms with Gasteiger partial charge in [-0.3, -0.25) is 5.32 Å². The molecule has 2 rings (SSSR count). The SMILES string of the molecule is CC1=C(C#N)O[C@@H]2NC(=O)O[C@@H]2[C@H]1C. The third kappa shape index (κ3) is 1.11. The Morgan fingerprint density at radius 2 is 2.21 bits per heavy atom. The smallest absolute Gasteiger partial charge is 0.410 e. The van der Waals surface area contributed by atoms with Crippen molar-refractivity contribution in [3.8, 4) is 6.07 Å². The van der Waals surface area contributed by atoms with Crippen LogP contribution in [0.1, 0.15) is 13.8 Å². The lowest BCUT2D eigenvalue weighted by Crippen LogP contribution is -2.41. The van der Waals surface area contributed by atoms with Crippen molar-refractivity contribution in [2.75, 3.05) is 0 Å². The number of rotatable bonds is 0. The van der Waals surface area contributed by atoms with Crippen LogP contribution in [0.3, 0.4) is 0 Å². The Bertz CT molecular complexity index is 356. The highest BCUT2D eigenvalue weighted by Gasteiger charge is 2.44. The molecule has 0 aliphatic carbocycles. The van der Waals surface area contributed by atoms with Gasteiger partial charge in [0.2, 0.25) is 6.23 Å². The first kappa shape index (κ1) is 8.88. The van der Waals surface area contributed by atoms with E-state index >= 15 is 0 Å². The number of ether oxygens (including phenoxy) is 2. The van der Waals surface area contributed by atoms with Gasteiger partial charge in [0.05, 0.1) is 0 Å². The number of nitrogens with zero attached hydrogens (tertiary/aromatic N) is 1. The fourth-order valence-electron chi connectivity index (χ4n) is 1.67. The second kappa shape index (κ2) is 2.91. The summed E-state index contributed by atoms with van der Waals surface area (Å²) < 4.78 is 10.3. The van der Waals surface area contributed by atoms with Crippen LogP contribution in [0.25, 0.3) is 0 Å². The summed E-state index contributed by atoms with van der Waals surface area (Å²) >= 11 is 0. The second-order valence-electron chi connectivity index (χ2n) is 3.47. The normalized spacial score (nSPS) is 35.2. The number of nitriles is 1. The van der Waals surface area contributed by atoms with E-state index in [1.807, 2.05) is 19.9 Å². The van der Waals surface area contributed by atoms with Crippen molar-refractivity contribution in [3.63, 3.8) is 0 Å². The summed E-state index contributed by atoms with van der Waals surface area (Å²) in [6.45, 7) is 3.72. The highest BCUT2D eigenvalue weighted by Crippen LogP contribution is 2.32. The van der Waals surface area contributed by atoms with Crippen molar-refractivity contribution >= 4 is 6.09 Å². The fraction of sp³-hybridized carbons (Fsp3) is 0.556. The number of fused-ring (bicyclic) bond motifs is 1. The summed E-state index contributed by atoms with van der Waals surface area (Å²) in [5, 5.41) is 11.3. The molecule has 14 heavy (non-hydrogen) atoms. The predicted molar refractivity (Wildman–Crippen MR) is 45.8 cm³/mol. The van der Waals surface area contributed by atoms with E-state index in [1.165, 1.54) is 0 Å². The van der Waals surface area contributed by atoms with Gasteiger partial charge in [0.1, 0.15) is 6.07 Å². The summed E-state index contributed by atoms with van der Waals surface area (Å²) in [5.74, 6) is 0.298. The number of amides is 1. The number of nitrogens with one attached hydrogen (secondary N) is 1. The fourth-order valence-corrected chi connectivity index (χ4v) is 1.67. The minimum absolute atomic E-state index is 0.0161. The highest BCUT2D eigenvalue weighted by molar-refractivity contribution is 5.70. The Balaban J connectivity index is 2.31. The summed E-state index contributed by atoms with van der Waals surface area (Å²) in [7, 11) is 0. The number of hydrogen-bond donors (Lipinski definition) is 1. The molecule has 2 heterocycles. The van der Waals surface area contributed by atoms with Gasteiger partial charge in [0.25, 0.3) is 0 Å². The van der Waals surface area contributed by atoms with E-state index in [-0.39, 0.29) is 17.8 Å². The molecule has 0 radical (unpaired) electrons. The number of carbonyl (C=O) groups is 1. The molecule has 0 bridgehead atoms. The molecular formula is C9H10N2O3. The lowest BCUT2D eigenvalue weighted by molar-refractivity contribution is -0.00521. The minimum Gasteiger partial charge on any atom is -0.456 e. The zero-order chi connectivity index (χ0) is 10.3. The topological polar surface area (TPSA) is 71.3 Å². The van der Waals surface area contributed by atoms with Gasteiger partial charge in [-0.2, -0.15) is 5.26 Å². The first-order valence-corrected chi connectivity index (χ1v) is 4.38. The Kier molecular flexibility index (Phi) is 1.84. The Morgan fingerprint density at radius 1 is 1.50 bits per heavy atom. The number of allylic oxidation sites excluding steroid dienone is 1. The maximum absolute atomic E-state index is 10.9. The molecule has 74 valence electrons. The molecular weight excluding hydrogens is 184 g/mol. The Hall–Kier alpha value is -1.70. The standard InChI is InChI=1S/C9H10N2O3/c1-4-5(2)7-8(11-9(12)14-7)13-6(4)3-10/h5,7-8H,1-2H3,(H,11,12)/t5-,7+,8-/m0/s1. The zero-order valence-electron chi connectivity index (χ0n) is 7.90. The Morgan fingerprint density at radius 3 is 2.86 bits per heavy atom. The number of hydrogen-bond acceptors (Lipinski definition) is 4. The maximum Gasteiger partial charge on any atom is 0.410 e. The molecule has 2 aliphatic rings. The van der Waals surface area contributed by atoms with Crippen molar-refractivity contribution in [2.45, 2.75) is 26.2 Å². The van der Waals surface area contributed by atoms with Crippen LogP contribution in [0.5, 0.6) is 0 Å². The van der Waals surface area contributed by atoms with Crippen LogP contribution in [-0.2, 0) is 9.47 Å². The quantitative estimate of drug-likeness (QED) is 0.621. The van der Waals surface area contributed by atoms with Crippen LogP contribution in [-0.4, -0.2) is 18.4 Å². The summed E-state index contributed by atoms with van der Waals surface area (Å²) in [6, 6.07) is 1.96. The molecule has 2 aliphatic heterocycles. The van der Waals surface area contributed by atoms with E-state index in [0.717, 1.165) is 5.57 Å². The minimum atomic E-state index is -0.518. The molecule has 0 aromatic carbocycles. The molecule has 1 fully saturated rings. The van der Waals surface area contributed by atoms with Crippen LogP contribution < -0.4 is 5.32 Å². The Labute approximate surface area is 81.3 Å². The lowest BCUT2D eigenvalue weighted by Gasteiger charge is -2.29. The molecule has 3 atom stereocenters. The molecule has 0 aromatic heterocycles. The van der Waals surface area contributed by atoms with Gasteiger partial charge in [0.15, 0.2) is 11.9 Å². The zero-order valence-corrected chi connectivity index (χ0v) is 7.90. The van der Waals surface area contributed by atoms with Crippen molar-refractivity contribution < 1.29 is 14.3 Å². The van der Waals surface area contributed by atoms with Crippen LogP contribution in [0, 0.1) is 17.2 Å². The van der Waals surface area contributed by atoms with Crippen LogP contribution in [0.15, 0.2) is 11.3 Å². The first-order valence-electron chi connectivity index (χ1n) is 4.38. The van der Waals surface area contributed by atoms with E-state index in [9.17, 15) is 4.79 Å². The monoisotopic (exact) mass is 194 g/mol. The van der Waals surface area contributed by atoms with Gasteiger partial charge < -0.3 is 9.47 Å². The van der Waals surface area contributed by atoms with Crippen molar-refractivity contribution in [2.24, 2.45) is 5.92 Å². The molecule has 0 saturated carbocycles. The highest BCUT2D eigenvalue weighted by atomic mass is 16.6. The van der Waals surface area contributed by atoms with Crippen LogP contribution in [0.4, 0.5) is 4.79 Å². The van der Waals surface area contributed by atoms with Gasteiger partial charge in [-0.05, 0) is 12.5 Å². The molecule has 0 unspecified atom stereocenters. The van der Waals surface area contributed by atoms with E-state index in [0.29, 0.717) is 0 Å². The van der Waals surface area contributed by atoms with E-state index in [4.69, 9.17) is 14.7 Å². The molecule has 0 spiro atoms. The lowest BCUT2D eigenvalue weighted by atomic mass is 9.92. The van der Waals surface area contributed by atoms with Crippen LogP contribution >= 0.6 is 0 Å². The molecule has 0 aromatic rings. The largest absolute Gasteiger partial charge is 0.456 e. The summed E-state index contributed by atoms with van der Waals surface area (Å²) in [4.78, 5) is 10.9. The van der Waals surface area contributed by atoms with E-state index in [2.05, 4.69) is 5.32 Å². The molecule has 5 heteroatoms. The first-order chi connectivity index (χ1) is 6.63. The van der Waals surface area contributed by atoms with Gasteiger partial charge in [0, 0.05) is 5.92 Å². The third-order valence-corrected chi connectivity index (χ3v) is 2.68. The average molecular weight is 194 g/mol. The van der Waals surface area contributed by atoms with Crippen molar-refractivity contribution in [3.05, 3.63) is 11.3 Å². The van der Waals surface area contributed by atoms with Crippen LogP contribution in [0.2, 0.25) is 0 Å². The average Bonchev–Trinajstić information content (AvgIpc) is 2.52. The molecule has 1 N–H and O–H groups in total. The van der Waals surface area contributed by atoms with E-state index < -0.39 is 12.3 Å². The van der Waals surface area contributed by atoms with Crippen molar-refractivity contribution in [1.82, 2.24) is 5.32 Å². The molecule has 5 nitrogen and oxygen atoms in total. The molecule has 1 amide bonds. The maximum atomic E-state index is 10.9. The molecule has 1 saturated heterocycles. The predicted octanol–water partition coefficient (Wildman–Crippen LogP) is 0.885.